The SMILES string of the molecule is Cn1/c(=N/NC(=O)c2ccc(-c3ccccc3)cc2)sc2ccccc21. The number of fused-ring (bicyclic) bond motifs is 1. The van der Waals surface area contributed by atoms with Gasteiger partial charge in [-0.1, -0.05) is 65.9 Å². The molecule has 0 saturated carbocycles. The van der Waals surface area contributed by atoms with Crippen molar-refractivity contribution in [1.29, 1.82) is 0 Å². The van der Waals surface area contributed by atoms with Crippen LogP contribution < -0.4 is 10.2 Å². The maximum absolute atomic E-state index is 12.4. The molecule has 0 aliphatic heterocycles. The molecule has 0 radical (unpaired) electrons. The first kappa shape index (κ1) is 16.3. The van der Waals surface area contributed by atoms with E-state index in [1.807, 2.05) is 90.5 Å². The van der Waals surface area contributed by atoms with E-state index in [1.165, 1.54) is 0 Å². The van der Waals surface area contributed by atoms with E-state index in [0.717, 1.165) is 26.1 Å². The fraction of sp³-hybridized carbons (Fsp3) is 0.0476. The Morgan fingerprint density at radius 3 is 2.27 bits per heavy atom. The van der Waals surface area contributed by atoms with Gasteiger partial charge in [0.25, 0.3) is 5.91 Å². The summed E-state index contributed by atoms with van der Waals surface area (Å²) in [4.78, 5) is 13.1. The zero-order valence-electron chi connectivity index (χ0n) is 14.2. The summed E-state index contributed by atoms with van der Waals surface area (Å²) in [6, 6.07) is 25.7. The predicted molar refractivity (Wildman–Crippen MR) is 106 cm³/mol. The number of aromatic nitrogens is 1. The van der Waals surface area contributed by atoms with Crippen LogP contribution in [0.5, 0.6) is 0 Å². The monoisotopic (exact) mass is 359 g/mol. The Bertz CT molecular complexity index is 1130. The zero-order chi connectivity index (χ0) is 17.9. The van der Waals surface area contributed by atoms with Crippen molar-refractivity contribution < 1.29 is 4.79 Å². The van der Waals surface area contributed by atoms with Crippen molar-refractivity contribution in [1.82, 2.24) is 9.99 Å². The average molecular weight is 359 g/mol. The summed E-state index contributed by atoms with van der Waals surface area (Å²) < 4.78 is 3.11. The first-order valence-electron chi connectivity index (χ1n) is 8.26. The van der Waals surface area contributed by atoms with Crippen LogP contribution in [-0.2, 0) is 7.05 Å². The van der Waals surface area contributed by atoms with Crippen molar-refractivity contribution in [3.8, 4) is 11.1 Å². The van der Waals surface area contributed by atoms with Crippen molar-refractivity contribution in [2.45, 2.75) is 0 Å². The molecule has 1 aromatic heterocycles. The number of nitrogens with one attached hydrogen (secondary N) is 1. The lowest BCUT2D eigenvalue weighted by Gasteiger charge is -2.03. The minimum Gasteiger partial charge on any atom is -0.318 e. The minimum atomic E-state index is -0.220. The lowest BCUT2D eigenvalue weighted by molar-refractivity contribution is 0.0953. The maximum Gasteiger partial charge on any atom is 0.271 e. The van der Waals surface area contributed by atoms with E-state index in [9.17, 15) is 4.79 Å². The quantitative estimate of drug-likeness (QED) is 0.549. The van der Waals surface area contributed by atoms with E-state index in [4.69, 9.17) is 0 Å². The Labute approximate surface area is 155 Å². The molecule has 128 valence electrons. The molecule has 1 heterocycles. The van der Waals surface area contributed by atoms with Crippen LogP contribution in [0.25, 0.3) is 21.3 Å². The third-order valence-corrected chi connectivity index (χ3v) is 5.33. The predicted octanol–water partition coefficient (Wildman–Crippen LogP) is 4.15. The van der Waals surface area contributed by atoms with Crippen molar-refractivity contribution in [2.75, 3.05) is 0 Å². The molecule has 4 nitrogen and oxygen atoms in total. The van der Waals surface area contributed by atoms with E-state index in [0.29, 0.717) is 5.56 Å². The van der Waals surface area contributed by atoms with Crippen molar-refractivity contribution in [3.05, 3.63) is 89.2 Å². The summed E-state index contributed by atoms with van der Waals surface area (Å²) >= 11 is 1.54. The normalized spacial score (nSPS) is 11.7. The lowest BCUT2D eigenvalue weighted by Crippen LogP contribution is -2.23. The number of benzene rings is 3. The number of carbonyl (C=O) groups is 1. The molecule has 26 heavy (non-hydrogen) atoms. The molecule has 1 N–H and O–H groups in total. The van der Waals surface area contributed by atoms with Gasteiger partial charge in [-0.25, -0.2) is 5.43 Å². The number of para-hydroxylation sites is 1. The van der Waals surface area contributed by atoms with Gasteiger partial charge in [0.05, 0.1) is 10.2 Å². The van der Waals surface area contributed by atoms with Crippen LogP contribution in [0.15, 0.2) is 84.0 Å². The van der Waals surface area contributed by atoms with Gasteiger partial charge in [-0.05, 0) is 35.4 Å². The summed E-state index contributed by atoms with van der Waals surface area (Å²) in [6.07, 6.45) is 0. The van der Waals surface area contributed by atoms with Gasteiger partial charge in [0.1, 0.15) is 0 Å². The molecular weight excluding hydrogens is 342 g/mol. The largest absolute Gasteiger partial charge is 0.318 e. The fourth-order valence-corrected chi connectivity index (χ4v) is 3.78. The number of hydrogen-bond donors (Lipinski definition) is 1. The molecule has 0 fully saturated rings. The highest BCUT2D eigenvalue weighted by atomic mass is 32.1. The van der Waals surface area contributed by atoms with Crippen LogP contribution in [0.3, 0.4) is 0 Å². The van der Waals surface area contributed by atoms with Gasteiger partial charge in [0.15, 0.2) is 0 Å². The van der Waals surface area contributed by atoms with Crippen molar-refractivity contribution >= 4 is 27.5 Å². The first-order chi connectivity index (χ1) is 12.7. The molecule has 4 aromatic rings. The van der Waals surface area contributed by atoms with Gasteiger partial charge in [-0.2, -0.15) is 0 Å². The molecule has 4 rings (SSSR count). The molecule has 0 unspecified atom stereocenters. The Morgan fingerprint density at radius 2 is 1.54 bits per heavy atom. The van der Waals surface area contributed by atoms with Gasteiger partial charge in [0.2, 0.25) is 4.80 Å². The van der Waals surface area contributed by atoms with E-state index < -0.39 is 0 Å². The van der Waals surface area contributed by atoms with Gasteiger partial charge < -0.3 is 4.57 Å². The smallest absolute Gasteiger partial charge is 0.271 e. The summed E-state index contributed by atoms with van der Waals surface area (Å²) in [6.45, 7) is 0. The number of amides is 1. The average Bonchev–Trinajstić information content (AvgIpc) is 3.03. The van der Waals surface area contributed by atoms with Crippen LogP contribution in [0.1, 0.15) is 10.4 Å². The Kier molecular flexibility index (Phi) is 4.37. The van der Waals surface area contributed by atoms with Crippen LogP contribution >= 0.6 is 11.3 Å². The van der Waals surface area contributed by atoms with E-state index in [-0.39, 0.29) is 5.91 Å². The highest BCUT2D eigenvalue weighted by molar-refractivity contribution is 7.16. The van der Waals surface area contributed by atoms with Crippen molar-refractivity contribution in [3.63, 3.8) is 0 Å². The van der Waals surface area contributed by atoms with E-state index >= 15 is 0 Å². The molecule has 5 heteroatoms. The van der Waals surface area contributed by atoms with Gasteiger partial charge in [-0.15, -0.1) is 5.10 Å². The second kappa shape index (κ2) is 6.98. The second-order valence-corrected chi connectivity index (χ2v) is 6.92. The lowest BCUT2D eigenvalue weighted by atomic mass is 10.0. The number of aryl methyl sites for hydroxylation is 1. The second-order valence-electron chi connectivity index (χ2n) is 5.91. The third-order valence-electron chi connectivity index (χ3n) is 4.22. The van der Waals surface area contributed by atoms with Crippen LogP contribution in [-0.4, -0.2) is 10.5 Å². The summed E-state index contributed by atoms with van der Waals surface area (Å²) in [5.74, 6) is -0.220. The molecule has 0 aliphatic carbocycles. The maximum atomic E-state index is 12.4. The molecule has 1 amide bonds. The Balaban J connectivity index is 1.55. The standard InChI is InChI=1S/C21H17N3OS/c1-24-18-9-5-6-10-19(18)26-21(24)23-22-20(25)17-13-11-16(12-14-17)15-7-3-2-4-8-15/h2-14H,1H3,(H,22,25)/b23-21-. The number of hydrogen-bond acceptors (Lipinski definition) is 3. The summed E-state index contributed by atoms with van der Waals surface area (Å²) in [5.41, 5.74) is 6.53. The third kappa shape index (κ3) is 3.17. The molecule has 3 aromatic carbocycles. The number of carbonyl (C=O) groups excluding carboxylic acids is 1. The van der Waals surface area contributed by atoms with Gasteiger partial charge >= 0.3 is 0 Å². The number of nitrogens with zero attached hydrogens (tertiary/aromatic N) is 2. The molecular formula is C21H17N3OS. The first-order valence-corrected chi connectivity index (χ1v) is 9.08. The summed E-state index contributed by atoms with van der Waals surface area (Å²) in [5, 5.41) is 4.28. The van der Waals surface area contributed by atoms with Crippen molar-refractivity contribution in [2.24, 2.45) is 12.1 Å². The highest BCUT2D eigenvalue weighted by Crippen LogP contribution is 2.19. The zero-order valence-corrected chi connectivity index (χ0v) is 15.0. The van der Waals surface area contributed by atoms with E-state index in [1.54, 1.807) is 11.3 Å². The molecule has 0 spiro atoms. The Hall–Kier alpha value is -3.18. The van der Waals surface area contributed by atoms with Crippen LogP contribution in [0.2, 0.25) is 0 Å². The van der Waals surface area contributed by atoms with Gasteiger partial charge in [-0.3, -0.25) is 4.79 Å². The Morgan fingerprint density at radius 1 is 0.885 bits per heavy atom. The van der Waals surface area contributed by atoms with E-state index in [2.05, 4.69) is 10.5 Å². The minimum absolute atomic E-state index is 0.220. The molecule has 0 aliphatic rings. The van der Waals surface area contributed by atoms with Crippen LogP contribution in [0, 0.1) is 0 Å². The number of thiazole rings is 1. The molecule has 0 bridgehead atoms. The fourth-order valence-electron chi connectivity index (χ4n) is 2.80. The number of rotatable bonds is 3. The van der Waals surface area contributed by atoms with Crippen LogP contribution in [0.4, 0.5) is 0 Å². The van der Waals surface area contributed by atoms with Gasteiger partial charge in [0, 0.05) is 12.6 Å². The highest BCUT2D eigenvalue weighted by Gasteiger charge is 2.06. The molecule has 0 saturated heterocycles. The summed E-state index contributed by atoms with van der Waals surface area (Å²) in [7, 11) is 1.94. The topological polar surface area (TPSA) is 46.4 Å². The molecule has 0 atom stereocenters.